The van der Waals surface area contributed by atoms with Crippen molar-refractivity contribution in [2.75, 3.05) is 4.90 Å². The molecule has 0 aliphatic heterocycles. The summed E-state index contributed by atoms with van der Waals surface area (Å²) in [6, 6.07) is 87.4. The predicted molar refractivity (Wildman–Crippen MR) is 356 cm³/mol. The number of aromatic nitrogens is 1. The van der Waals surface area contributed by atoms with Gasteiger partial charge >= 0.3 is 0 Å². The molecule has 1 aromatic heterocycles. The first kappa shape index (κ1) is 52.6. The number of anilines is 3. The van der Waals surface area contributed by atoms with Crippen LogP contribution in [0.4, 0.5) is 17.1 Å². The van der Waals surface area contributed by atoms with Gasteiger partial charge in [-0.15, -0.1) is 0 Å². The summed E-state index contributed by atoms with van der Waals surface area (Å²) in [4.78, 5) is 2.47. The highest BCUT2D eigenvalue weighted by Crippen LogP contribution is 2.48. The van der Waals surface area contributed by atoms with Gasteiger partial charge in [0, 0.05) is 32.9 Å². The lowest BCUT2D eigenvalue weighted by molar-refractivity contribution is 0.568. The Hall–Kier alpha value is -8.72. The number of nitrogens with zero attached hydrogens (tertiary/aromatic N) is 2. The zero-order chi connectivity index (χ0) is 57.0. The van der Waals surface area contributed by atoms with E-state index >= 15 is 0 Å². The fourth-order valence-electron chi connectivity index (χ4n) is 12.5. The number of hydrogen-bond donors (Lipinski definition) is 0. The third kappa shape index (κ3) is 9.42. The van der Waals surface area contributed by atoms with E-state index in [-0.39, 0.29) is 21.7 Å². The normalized spacial score (nSPS) is 12.6. The molecule has 2 heteroatoms. The van der Waals surface area contributed by atoms with Gasteiger partial charge in [0.05, 0.1) is 22.4 Å². The van der Waals surface area contributed by atoms with Gasteiger partial charge in [-0.1, -0.05) is 253 Å². The van der Waals surface area contributed by atoms with Gasteiger partial charge in [0.2, 0.25) is 0 Å². The van der Waals surface area contributed by atoms with Crippen molar-refractivity contribution in [2.24, 2.45) is 0 Å². The summed E-state index contributed by atoms with van der Waals surface area (Å²) in [6.07, 6.45) is 0. The maximum Gasteiger partial charge on any atom is 0.0541 e. The monoisotopic (exact) mass is 1060 g/mol. The SMILES string of the molecule is CC(C)(C)c1cc(-c2ccc3c(c2)c2cc(-c4cc(C(C)(C)C)cc(C(C)(C)C)c4)ccc2n3-c2ccc3ccc4c(N(c5cccc(-c6ccccc6)c5)c5cccc(-c6ccccc6)c5)ccc5ccc2c3c54)cc(C(C)(C)C)c1. The number of fused-ring (bicyclic) bond motifs is 3. The van der Waals surface area contributed by atoms with Crippen LogP contribution in [-0.2, 0) is 21.7 Å². The smallest absolute Gasteiger partial charge is 0.0541 e. The molecule has 0 fully saturated rings. The highest BCUT2D eigenvalue weighted by molar-refractivity contribution is 6.27. The van der Waals surface area contributed by atoms with Crippen LogP contribution in [0.2, 0.25) is 0 Å². The Morgan fingerprint density at radius 3 is 1.09 bits per heavy atom. The van der Waals surface area contributed by atoms with E-state index in [9.17, 15) is 0 Å². The third-order valence-corrected chi connectivity index (χ3v) is 17.3. The quantitative estimate of drug-likeness (QED) is 0.138. The zero-order valence-electron chi connectivity index (χ0n) is 49.8. The van der Waals surface area contributed by atoms with Crippen LogP contribution in [0.1, 0.15) is 105 Å². The molecule has 13 rings (SSSR count). The van der Waals surface area contributed by atoms with Crippen molar-refractivity contribution >= 4 is 71.2 Å². The Morgan fingerprint density at radius 1 is 0.268 bits per heavy atom. The van der Waals surface area contributed by atoms with Crippen LogP contribution in [0.15, 0.2) is 231 Å². The second-order valence-electron chi connectivity index (χ2n) is 27.2. The summed E-state index contributed by atoms with van der Waals surface area (Å²) < 4.78 is 2.56. The second kappa shape index (κ2) is 19.5. The summed E-state index contributed by atoms with van der Waals surface area (Å²) in [5.41, 5.74) is 22.0. The lowest BCUT2D eigenvalue weighted by Crippen LogP contribution is -2.16. The lowest BCUT2D eigenvalue weighted by Gasteiger charge is -2.28. The van der Waals surface area contributed by atoms with E-state index in [2.05, 4.69) is 323 Å². The van der Waals surface area contributed by atoms with Crippen molar-refractivity contribution in [1.29, 1.82) is 0 Å². The third-order valence-electron chi connectivity index (χ3n) is 17.3. The summed E-state index contributed by atoms with van der Waals surface area (Å²) in [7, 11) is 0. The maximum absolute atomic E-state index is 2.56. The van der Waals surface area contributed by atoms with Gasteiger partial charge in [-0.2, -0.15) is 0 Å². The van der Waals surface area contributed by atoms with Crippen molar-refractivity contribution in [3.8, 4) is 50.2 Å². The van der Waals surface area contributed by atoms with Crippen molar-refractivity contribution in [3.05, 3.63) is 253 Å². The molecule has 0 aliphatic carbocycles. The molecule has 82 heavy (non-hydrogen) atoms. The molecule has 0 amide bonds. The van der Waals surface area contributed by atoms with Gasteiger partial charge in [0.15, 0.2) is 0 Å². The fraction of sp³-hybridized carbons (Fsp3) is 0.200. The molecule has 0 atom stereocenters. The molecule has 0 saturated heterocycles. The Kier molecular flexibility index (Phi) is 12.5. The van der Waals surface area contributed by atoms with E-state index in [4.69, 9.17) is 0 Å². The van der Waals surface area contributed by atoms with Crippen LogP contribution < -0.4 is 4.90 Å². The van der Waals surface area contributed by atoms with E-state index < -0.39 is 0 Å². The van der Waals surface area contributed by atoms with Crippen LogP contribution in [0.5, 0.6) is 0 Å². The number of hydrogen-bond acceptors (Lipinski definition) is 1. The molecule has 0 unspecified atom stereocenters. The minimum Gasteiger partial charge on any atom is -0.310 e. The highest BCUT2D eigenvalue weighted by atomic mass is 15.1. The van der Waals surface area contributed by atoms with Gasteiger partial charge in [-0.25, -0.2) is 0 Å². The van der Waals surface area contributed by atoms with Gasteiger partial charge in [-0.3, -0.25) is 0 Å². The van der Waals surface area contributed by atoms with Crippen LogP contribution in [0.3, 0.4) is 0 Å². The first-order valence-corrected chi connectivity index (χ1v) is 29.4. The van der Waals surface area contributed by atoms with E-state index in [0.29, 0.717) is 0 Å². The van der Waals surface area contributed by atoms with Crippen LogP contribution in [0, 0.1) is 0 Å². The van der Waals surface area contributed by atoms with Crippen molar-refractivity contribution in [1.82, 2.24) is 4.57 Å². The first-order valence-electron chi connectivity index (χ1n) is 29.4. The Labute approximate surface area is 485 Å². The minimum atomic E-state index is -0.00645. The van der Waals surface area contributed by atoms with Crippen molar-refractivity contribution in [3.63, 3.8) is 0 Å². The first-order chi connectivity index (χ1) is 39.2. The molecule has 12 aromatic carbocycles. The molecule has 0 bridgehead atoms. The predicted octanol–water partition coefficient (Wildman–Crippen LogP) is 23.0. The molecule has 0 N–H and O–H groups in total. The molecule has 13 aromatic rings. The largest absolute Gasteiger partial charge is 0.310 e. The van der Waals surface area contributed by atoms with Crippen LogP contribution in [-0.4, -0.2) is 4.57 Å². The molecule has 2 nitrogen and oxygen atoms in total. The molecular formula is C80H74N2. The summed E-state index contributed by atoms with van der Waals surface area (Å²) in [6.45, 7) is 28.0. The van der Waals surface area contributed by atoms with Crippen molar-refractivity contribution in [2.45, 2.75) is 105 Å². The number of benzene rings is 12. The molecule has 1 heterocycles. The minimum absolute atomic E-state index is 0.00645. The number of rotatable bonds is 8. The van der Waals surface area contributed by atoms with Crippen molar-refractivity contribution < 1.29 is 0 Å². The summed E-state index contributed by atoms with van der Waals surface area (Å²) in [5.74, 6) is 0. The maximum atomic E-state index is 2.56. The average molecular weight is 1060 g/mol. The fourth-order valence-corrected chi connectivity index (χ4v) is 12.5. The van der Waals surface area contributed by atoms with E-state index in [0.717, 1.165) is 17.1 Å². The highest BCUT2D eigenvalue weighted by Gasteiger charge is 2.26. The van der Waals surface area contributed by atoms with Crippen LogP contribution >= 0.6 is 0 Å². The van der Waals surface area contributed by atoms with Crippen LogP contribution in [0.25, 0.3) is 104 Å². The Balaban J connectivity index is 1.05. The lowest BCUT2D eigenvalue weighted by atomic mass is 9.78. The summed E-state index contributed by atoms with van der Waals surface area (Å²) in [5, 5.41) is 9.92. The zero-order valence-corrected chi connectivity index (χ0v) is 49.8. The van der Waals surface area contributed by atoms with Gasteiger partial charge in [0.25, 0.3) is 0 Å². The molecular weight excluding hydrogens is 989 g/mol. The van der Waals surface area contributed by atoms with E-state index in [1.807, 2.05) is 0 Å². The summed E-state index contributed by atoms with van der Waals surface area (Å²) >= 11 is 0. The van der Waals surface area contributed by atoms with Gasteiger partial charge < -0.3 is 9.47 Å². The molecule has 0 saturated carbocycles. The molecule has 0 aliphatic rings. The molecule has 404 valence electrons. The van der Waals surface area contributed by atoms with Gasteiger partial charge in [-0.05, 0) is 171 Å². The average Bonchev–Trinajstić information content (AvgIpc) is 1.55. The molecule has 0 radical (unpaired) electrons. The Morgan fingerprint density at radius 2 is 0.646 bits per heavy atom. The Bertz CT molecular complexity index is 4300. The standard InChI is InChI=1S/C80H74N2/c1-77(2,3)61-41-59(42-62(49-61)78(4,5)6)57-33-39-73-69(47-57)70-48-58(60-43-63(79(7,8)9)50-64(44-60)80(10,11)12)34-40-74(70)82(73)72-38-32-54-29-35-67-71(37-31-53-30-36-68(72)76(54)75(53)67)81(65-27-19-25-55(45-65)51-21-15-13-16-22-51)66-28-20-26-56(46-66)52-23-17-14-18-24-52/h13-50H,1-12H3. The molecule has 0 spiro atoms. The topological polar surface area (TPSA) is 8.17 Å². The van der Waals surface area contributed by atoms with Gasteiger partial charge in [0.1, 0.15) is 0 Å². The van der Waals surface area contributed by atoms with E-state index in [1.165, 1.54) is 127 Å². The second-order valence-corrected chi connectivity index (χ2v) is 27.2. The van der Waals surface area contributed by atoms with E-state index in [1.54, 1.807) is 0 Å².